The zero-order valence-electron chi connectivity index (χ0n) is 26.6. The summed E-state index contributed by atoms with van der Waals surface area (Å²) in [4.78, 5) is 9.25. The molecule has 0 aromatic heterocycles. The maximum Gasteiger partial charge on any atom is 0.327 e. The van der Waals surface area contributed by atoms with Crippen LogP contribution in [0.25, 0.3) is 0 Å². The molecule has 0 saturated heterocycles. The Morgan fingerprint density at radius 2 is 1.24 bits per heavy atom. The van der Waals surface area contributed by atoms with Crippen LogP contribution in [0.2, 0.25) is 0 Å². The summed E-state index contributed by atoms with van der Waals surface area (Å²) in [7, 11) is 0. The van der Waals surface area contributed by atoms with Gasteiger partial charge in [-0.15, -0.1) is 0 Å². The topological polar surface area (TPSA) is 124 Å². The van der Waals surface area contributed by atoms with E-state index in [1.54, 1.807) is 0 Å². The molecule has 1 aromatic carbocycles. The quantitative estimate of drug-likeness (QED) is 0.0945. The normalized spacial score (nSPS) is 15.4. The van der Waals surface area contributed by atoms with Gasteiger partial charge in [-0.05, 0) is 52.7 Å². The van der Waals surface area contributed by atoms with Gasteiger partial charge in [-0.25, -0.2) is 4.79 Å². The number of unbranched alkanes of at least 4 members (excludes halogenated alkanes) is 6. The van der Waals surface area contributed by atoms with Gasteiger partial charge in [0.25, 0.3) is 0 Å². The lowest BCUT2D eigenvalue weighted by atomic mass is 10.0. The molecule has 9 heteroatoms. The van der Waals surface area contributed by atoms with Gasteiger partial charge in [-0.1, -0.05) is 70.2 Å². The van der Waals surface area contributed by atoms with Crippen molar-refractivity contribution in [3.63, 3.8) is 0 Å². The summed E-state index contributed by atoms with van der Waals surface area (Å²) in [6, 6.07) is 9.68. The number of ether oxygens (including phenoxy) is 5. The summed E-state index contributed by atoms with van der Waals surface area (Å²) in [5.74, 6) is -0.213. The predicted molar refractivity (Wildman–Crippen MR) is 166 cm³/mol. The highest BCUT2D eigenvalue weighted by molar-refractivity contribution is 5.78. The third-order valence-corrected chi connectivity index (χ3v) is 6.38. The summed E-state index contributed by atoms with van der Waals surface area (Å²) in [5, 5.41) is 27.5. The number of carboxylic acids is 1. The van der Waals surface area contributed by atoms with Crippen molar-refractivity contribution in [1.29, 1.82) is 0 Å². The van der Waals surface area contributed by atoms with Crippen molar-refractivity contribution in [2.24, 2.45) is 0 Å². The molecule has 6 atom stereocenters. The number of aliphatic hydroxyl groups is 2. The Bertz CT molecular complexity index is 761. The Balaban J connectivity index is 0.00000308. The number of aliphatic carboxylic acids is 1. The van der Waals surface area contributed by atoms with E-state index in [-0.39, 0.29) is 43.7 Å². The number of hydrogen-bond acceptors (Lipinski definition) is 8. The van der Waals surface area contributed by atoms with Crippen LogP contribution in [0.3, 0.4) is 0 Å². The molecule has 0 amide bonds. The average molecular weight is 599 g/mol. The highest BCUT2D eigenvalue weighted by Crippen LogP contribution is 2.19. The van der Waals surface area contributed by atoms with E-state index >= 15 is 0 Å². The van der Waals surface area contributed by atoms with Gasteiger partial charge in [0.2, 0.25) is 0 Å². The Kier molecular flexibility index (Phi) is 25.3. The first-order chi connectivity index (χ1) is 20.1. The molecular weight excluding hydrogens is 540 g/mol. The fraction of sp³-hybridized carbons (Fsp3) is 0.727. The first-order valence-electron chi connectivity index (χ1n) is 15.4. The van der Waals surface area contributed by atoms with Crippen LogP contribution in [-0.2, 0) is 23.7 Å². The van der Waals surface area contributed by atoms with Gasteiger partial charge >= 0.3 is 5.97 Å². The molecule has 42 heavy (non-hydrogen) atoms. The Labute approximate surface area is 254 Å². The van der Waals surface area contributed by atoms with E-state index in [9.17, 15) is 9.90 Å². The van der Waals surface area contributed by atoms with Crippen LogP contribution < -0.4 is 4.74 Å². The van der Waals surface area contributed by atoms with E-state index in [0.717, 1.165) is 31.1 Å². The Hall–Kier alpha value is -2.01. The van der Waals surface area contributed by atoms with Crippen LogP contribution in [0, 0.1) is 0 Å². The zero-order chi connectivity index (χ0) is 31.6. The van der Waals surface area contributed by atoms with Crippen molar-refractivity contribution in [1.82, 2.24) is 0 Å². The van der Waals surface area contributed by atoms with Crippen LogP contribution in [0.5, 0.6) is 5.75 Å². The van der Waals surface area contributed by atoms with E-state index in [4.69, 9.17) is 33.9 Å². The van der Waals surface area contributed by atoms with Crippen molar-refractivity contribution in [3.05, 3.63) is 43.0 Å². The molecule has 0 saturated carbocycles. The lowest BCUT2D eigenvalue weighted by Crippen LogP contribution is -2.37. The molecule has 3 N–H and O–H groups in total. The monoisotopic (exact) mass is 598 g/mol. The highest BCUT2D eigenvalue weighted by Gasteiger charge is 2.22. The molecule has 0 aliphatic carbocycles. The molecule has 0 spiro atoms. The Morgan fingerprint density at radius 1 is 0.786 bits per heavy atom. The molecule has 6 unspecified atom stereocenters. The molecule has 0 fully saturated rings. The van der Waals surface area contributed by atoms with E-state index in [2.05, 4.69) is 13.5 Å². The molecule has 0 heterocycles. The molecule has 0 aliphatic rings. The molecule has 0 bridgehead atoms. The van der Waals surface area contributed by atoms with Gasteiger partial charge in [-0.2, -0.15) is 0 Å². The van der Waals surface area contributed by atoms with Gasteiger partial charge in [0.1, 0.15) is 18.0 Å². The van der Waals surface area contributed by atoms with Gasteiger partial charge in [0.05, 0.1) is 57.5 Å². The summed E-state index contributed by atoms with van der Waals surface area (Å²) in [6.07, 6.45) is 8.63. The van der Waals surface area contributed by atoms with E-state index < -0.39 is 12.1 Å². The minimum Gasteiger partial charge on any atom is -0.488 e. The fourth-order valence-corrected chi connectivity index (χ4v) is 3.77. The first kappa shape index (κ1) is 40.0. The van der Waals surface area contributed by atoms with Crippen molar-refractivity contribution in [2.45, 2.75) is 123 Å². The number of carbonyl (C=O) groups is 1. The van der Waals surface area contributed by atoms with Crippen LogP contribution in [-0.4, -0.2) is 90.9 Å². The second-order valence-corrected chi connectivity index (χ2v) is 10.7. The van der Waals surface area contributed by atoms with Gasteiger partial charge < -0.3 is 39.0 Å². The van der Waals surface area contributed by atoms with Crippen molar-refractivity contribution < 1.29 is 43.8 Å². The average Bonchev–Trinajstić information content (AvgIpc) is 2.99. The molecule has 0 aliphatic heterocycles. The maximum absolute atomic E-state index is 10.9. The second kappa shape index (κ2) is 26.6. The smallest absolute Gasteiger partial charge is 0.327 e. The summed E-state index contributed by atoms with van der Waals surface area (Å²) in [5.41, 5.74) is 0. The highest BCUT2D eigenvalue weighted by atomic mass is 16.6. The van der Waals surface area contributed by atoms with Crippen LogP contribution in [0.15, 0.2) is 43.0 Å². The van der Waals surface area contributed by atoms with E-state index in [0.29, 0.717) is 19.8 Å². The van der Waals surface area contributed by atoms with E-state index in [1.807, 2.05) is 58.0 Å². The van der Waals surface area contributed by atoms with Gasteiger partial charge in [0, 0.05) is 6.08 Å². The van der Waals surface area contributed by atoms with E-state index in [1.165, 1.54) is 32.1 Å². The number of para-hydroxylation sites is 1. The fourth-order valence-electron chi connectivity index (χ4n) is 3.77. The summed E-state index contributed by atoms with van der Waals surface area (Å²) in [6.45, 7) is 14.3. The zero-order valence-corrected chi connectivity index (χ0v) is 26.6. The molecule has 0 radical (unpaired) electrons. The molecule has 1 rings (SSSR count). The number of carboxylic acid groups (broad SMARTS) is 1. The first-order valence-corrected chi connectivity index (χ1v) is 15.4. The van der Waals surface area contributed by atoms with Crippen molar-refractivity contribution >= 4 is 5.97 Å². The Morgan fingerprint density at radius 3 is 1.71 bits per heavy atom. The lowest BCUT2D eigenvalue weighted by Gasteiger charge is -2.26. The molecular formula is C33H58O9. The third kappa shape index (κ3) is 23.5. The maximum atomic E-state index is 10.9. The second-order valence-electron chi connectivity index (χ2n) is 10.7. The van der Waals surface area contributed by atoms with Crippen LogP contribution >= 0.6 is 0 Å². The minimum absolute atomic E-state index is 0.00291. The summed E-state index contributed by atoms with van der Waals surface area (Å²) < 4.78 is 29.2. The molecule has 9 nitrogen and oxygen atoms in total. The summed E-state index contributed by atoms with van der Waals surface area (Å²) >= 11 is 0. The molecule has 244 valence electrons. The van der Waals surface area contributed by atoms with Crippen molar-refractivity contribution in [3.8, 4) is 5.75 Å². The third-order valence-electron chi connectivity index (χ3n) is 6.38. The van der Waals surface area contributed by atoms with Gasteiger partial charge in [-0.3, -0.25) is 0 Å². The number of rotatable bonds is 25. The standard InChI is InChI=1S/C30H54O7.C3H4O2/c1-6-7-8-9-10-11-15-18-30(37-28-16-13-12-14-17-28)29(32)23-36-27(5)22-35-26(4)21-34-25(3)20-33-24(2)19-31;1-2-3(4)5/h12-14,16-17,24-27,29-32H,6-11,15,18-23H2,1-5H3;2H,1H2,(H,4,5). The number of aliphatic hydroxyl groups excluding tert-OH is 2. The lowest BCUT2D eigenvalue weighted by molar-refractivity contribution is -0.131. The number of hydrogen-bond donors (Lipinski definition) is 3. The minimum atomic E-state index is -0.981. The molecule has 1 aromatic rings. The van der Waals surface area contributed by atoms with Crippen LogP contribution in [0.1, 0.15) is 86.0 Å². The van der Waals surface area contributed by atoms with Crippen LogP contribution in [0.4, 0.5) is 0 Å². The van der Waals surface area contributed by atoms with Gasteiger partial charge in [0.15, 0.2) is 0 Å². The largest absolute Gasteiger partial charge is 0.488 e. The number of benzene rings is 1. The SMILES string of the molecule is C=CC(=O)O.CCCCCCCCCC(Oc1ccccc1)C(O)COC(C)COC(C)COC(C)COC(C)CO. The van der Waals surface area contributed by atoms with Crippen molar-refractivity contribution in [2.75, 3.05) is 33.0 Å². The predicted octanol–water partition coefficient (Wildman–Crippen LogP) is 5.81.